The molecule has 176 valence electrons. The number of hydrogen-bond acceptors (Lipinski definition) is 6. The van der Waals surface area contributed by atoms with Crippen LogP contribution in [0.3, 0.4) is 0 Å². The fraction of sp³-hybridized carbons (Fsp3) is 0.364. The normalized spacial score (nSPS) is 16.1. The molecule has 8 nitrogen and oxygen atoms in total. The van der Waals surface area contributed by atoms with Crippen molar-refractivity contribution in [2.75, 3.05) is 38.3 Å². The standard InChI is InChI=1S/C22H25FN4O4S2/c1-32-13-8-20(21-24-18-4-2-3-5-19(18)25-21)26-22(28)16-14-15(6-7-17(16)23)33(29,30)27-9-11-31-12-10-27/h2-7,14,20H,8-13H2,1H3,(H,24,25)(H,26,28)/t20-/m1/s1. The van der Waals surface area contributed by atoms with Crippen LogP contribution in [0.2, 0.25) is 0 Å². The molecule has 0 aliphatic carbocycles. The third-order valence-electron chi connectivity index (χ3n) is 5.44. The number of amides is 1. The van der Waals surface area contributed by atoms with E-state index in [-0.39, 0.29) is 23.5 Å². The molecule has 11 heteroatoms. The Morgan fingerprint density at radius 2 is 2.03 bits per heavy atom. The van der Waals surface area contributed by atoms with Gasteiger partial charge in [-0.25, -0.2) is 17.8 Å². The Labute approximate surface area is 196 Å². The average molecular weight is 493 g/mol. The van der Waals surface area contributed by atoms with Gasteiger partial charge >= 0.3 is 0 Å². The van der Waals surface area contributed by atoms with Crippen molar-refractivity contribution in [3.63, 3.8) is 0 Å². The van der Waals surface area contributed by atoms with Gasteiger partial charge in [-0.3, -0.25) is 4.79 Å². The number of para-hydroxylation sites is 2. The van der Waals surface area contributed by atoms with Crippen molar-refractivity contribution in [3.05, 3.63) is 59.7 Å². The fourth-order valence-electron chi connectivity index (χ4n) is 3.66. The highest BCUT2D eigenvalue weighted by atomic mass is 32.2. The lowest BCUT2D eigenvalue weighted by molar-refractivity contribution is 0.0730. The van der Waals surface area contributed by atoms with E-state index >= 15 is 0 Å². The molecule has 2 aromatic carbocycles. The predicted molar refractivity (Wildman–Crippen MR) is 125 cm³/mol. The number of sulfonamides is 1. The number of carbonyl (C=O) groups is 1. The van der Waals surface area contributed by atoms with Crippen LogP contribution < -0.4 is 5.32 Å². The molecule has 1 fully saturated rings. The molecule has 0 unspecified atom stereocenters. The molecular weight excluding hydrogens is 467 g/mol. The third-order valence-corrected chi connectivity index (χ3v) is 7.98. The number of halogens is 1. The largest absolute Gasteiger partial charge is 0.379 e. The molecule has 2 N–H and O–H groups in total. The van der Waals surface area contributed by atoms with Gasteiger partial charge in [0.15, 0.2) is 0 Å². The molecule has 1 aliphatic rings. The molecule has 0 bridgehead atoms. The Balaban J connectivity index is 1.60. The van der Waals surface area contributed by atoms with Crippen molar-refractivity contribution >= 4 is 38.7 Å². The number of benzene rings is 2. The van der Waals surface area contributed by atoms with E-state index in [9.17, 15) is 17.6 Å². The van der Waals surface area contributed by atoms with Crippen LogP contribution in [0.1, 0.15) is 28.6 Å². The number of nitrogens with zero attached hydrogens (tertiary/aromatic N) is 2. The first-order valence-electron chi connectivity index (χ1n) is 10.5. The van der Waals surface area contributed by atoms with E-state index in [0.717, 1.165) is 28.9 Å². The minimum absolute atomic E-state index is 0.125. The van der Waals surface area contributed by atoms with Crippen LogP contribution in [0.15, 0.2) is 47.4 Å². The Bertz CT molecular complexity index is 1210. The zero-order valence-electron chi connectivity index (χ0n) is 18.1. The Morgan fingerprint density at radius 3 is 2.76 bits per heavy atom. The zero-order chi connectivity index (χ0) is 23.4. The van der Waals surface area contributed by atoms with Crippen LogP contribution in [0.5, 0.6) is 0 Å². The van der Waals surface area contributed by atoms with Crippen LogP contribution >= 0.6 is 11.8 Å². The molecule has 2 heterocycles. The Hall–Kier alpha value is -2.47. The number of ether oxygens (including phenoxy) is 1. The summed E-state index contributed by atoms with van der Waals surface area (Å²) in [4.78, 5) is 20.7. The van der Waals surface area contributed by atoms with Crippen LogP contribution in [0, 0.1) is 5.82 Å². The van der Waals surface area contributed by atoms with Gasteiger partial charge in [0.05, 0.1) is 40.7 Å². The van der Waals surface area contributed by atoms with E-state index in [2.05, 4.69) is 15.3 Å². The van der Waals surface area contributed by atoms with Crippen LogP contribution in [0.4, 0.5) is 4.39 Å². The van der Waals surface area contributed by atoms with Crippen LogP contribution in [-0.4, -0.2) is 66.9 Å². The van der Waals surface area contributed by atoms with Crippen LogP contribution in [0.25, 0.3) is 11.0 Å². The molecule has 0 radical (unpaired) electrons. The van der Waals surface area contributed by atoms with Gasteiger partial charge in [-0.1, -0.05) is 12.1 Å². The Morgan fingerprint density at radius 1 is 1.27 bits per heavy atom. The maximum absolute atomic E-state index is 14.6. The number of morpholine rings is 1. The van der Waals surface area contributed by atoms with E-state index in [0.29, 0.717) is 25.5 Å². The highest BCUT2D eigenvalue weighted by Gasteiger charge is 2.28. The van der Waals surface area contributed by atoms with E-state index in [1.54, 1.807) is 11.8 Å². The van der Waals surface area contributed by atoms with Gasteiger partial charge in [-0.2, -0.15) is 16.1 Å². The van der Waals surface area contributed by atoms with E-state index in [1.807, 2.05) is 30.5 Å². The number of fused-ring (bicyclic) bond motifs is 1. The number of hydrogen-bond donors (Lipinski definition) is 2. The van der Waals surface area contributed by atoms with Gasteiger partial charge in [-0.05, 0) is 48.8 Å². The number of imidazole rings is 1. The smallest absolute Gasteiger partial charge is 0.254 e. The summed E-state index contributed by atoms with van der Waals surface area (Å²) in [6, 6.07) is 10.3. The summed E-state index contributed by atoms with van der Waals surface area (Å²) in [5.41, 5.74) is 1.27. The minimum atomic E-state index is -3.86. The van der Waals surface area contributed by atoms with Crippen molar-refractivity contribution in [3.8, 4) is 0 Å². The van der Waals surface area contributed by atoms with E-state index < -0.39 is 27.8 Å². The summed E-state index contributed by atoms with van der Waals surface area (Å²) >= 11 is 1.62. The number of nitrogens with one attached hydrogen (secondary N) is 2. The van der Waals surface area contributed by atoms with Gasteiger partial charge in [0.1, 0.15) is 11.6 Å². The maximum atomic E-state index is 14.6. The molecule has 3 aromatic rings. The first-order valence-corrected chi connectivity index (χ1v) is 13.4. The number of H-pyrrole nitrogens is 1. The lowest BCUT2D eigenvalue weighted by Gasteiger charge is -2.26. The van der Waals surface area contributed by atoms with Gasteiger partial charge < -0.3 is 15.0 Å². The van der Waals surface area contributed by atoms with Crippen molar-refractivity contribution in [1.82, 2.24) is 19.6 Å². The molecule has 1 saturated heterocycles. The molecule has 1 atom stereocenters. The van der Waals surface area contributed by atoms with Crippen molar-refractivity contribution in [2.45, 2.75) is 17.4 Å². The number of carbonyl (C=O) groups excluding carboxylic acids is 1. The molecule has 33 heavy (non-hydrogen) atoms. The summed E-state index contributed by atoms with van der Waals surface area (Å²) in [5, 5.41) is 2.83. The summed E-state index contributed by atoms with van der Waals surface area (Å²) in [7, 11) is -3.86. The topological polar surface area (TPSA) is 104 Å². The number of thioether (sulfide) groups is 1. The number of rotatable bonds is 8. The molecule has 4 rings (SSSR count). The predicted octanol–water partition coefficient (Wildman–Crippen LogP) is 2.95. The summed E-state index contributed by atoms with van der Waals surface area (Å²) < 4.78 is 47.0. The van der Waals surface area contributed by atoms with Crippen LogP contribution in [-0.2, 0) is 14.8 Å². The van der Waals surface area contributed by atoms with Gasteiger partial charge in [0, 0.05) is 13.1 Å². The third kappa shape index (κ3) is 5.21. The quantitative estimate of drug-likeness (QED) is 0.501. The first kappa shape index (κ1) is 23.7. The maximum Gasteiger partial charge on any atom is 0.254 e. The van der Waals surface area contributed by atoms with Gasteiger partial charge in [0.2, 0.25) is 10.0 Å². The minimum Gasteiger partial charge on any atom is -0.379 e. The molecule has 0 spiro atoms. The second kappa shape index (κ2) is 10.2. The molecule has 1 aliphatic heterocycles. The Kier molecular flexibility index (Phi) is 7.32. The van der Waals surface area contributed by atoms with Crippen molar-refractivity contribution in [2.24, 2.45) is 0 Å². The van der Waals surface area contributed by atoms with Gasteiger partial charge in [0.25, 0.3) is 5.91 Å². The van der Waals surface area contributed by atoms with E-state index in [1.165, 1.54) is 10.4 Å². The highest BCUT2D eigenvalue weighted by Crippen LogP contribution is 2.23. The fourth-order valence-corrected chi connectivity index (χ4v) is 5.57. The first-order chi connectivity index (χ1) is 15.9. The second-order valence-electron chi connectivity index (χ2n) is 7.60. The van der Waals surface area contributed by atoms with Crippen molar-refractivity contribution in [1.29, 1.82) is 0 Å². The number of aromatic amines is 1. The SMILES string of the molecule is CSCC[C@@H](NC(=O)c1cc(S(=O)(=O)N2CCOCC2)ccc1F)c1nc2ccccc2[nH]1. The highest BCUT2D eigenvalue weighted by molar-refractivity contribution is 7.98. The lowest BCUT2D eigenvalue weighted by Crippen LogP contribution is -2.40. The molecule has 1 amide bonds. The second-order valence-corrected chi connectivity index (χ2v) is 10.5. The molecule has 0 saturated carbocycles. The number of aromatic nitrogens is 2. The van der Waals surface area contributed by atoms with E-state index in [4.69, 9.17) is 4.74 Å². The lowest BCUT2D eigenvalue weighted by atomic mass is 10.1. The summed E-state index contributed by atoms with van der Waals surface area (Å²) in [5.74, 6) is -0.175. The summed E-state index contributed by atoms with van der Waals surface area (Å²) in [6.45, 7) is 1.01. The zero-order valence-corrected chi connectivity index (χ0v) is 19.7. The van der Waals surface area contributed by atoms with Gasteiger partial charge in [-0.15, -0.1) is 0 Å². The molecule has 1 aromatic heterocycles. The van der Waals surface area contributed by atoms with Crippen molar-refractivity contribution < 1.29 is 22.3 Å². The summed E-state index contributed by atoms with van der Waals surface area (Å²) in [6.07, 6.45) is 2.53. The average Bonchev–Trinajstić information content (AvgIpc) is 3.26. The molecular formula is C22H25FN4O4S2. The monoisotopic (exact) mass is 492 g/mol.